The van der Waals surface area contributed by atoms with E-state index < -0.39 is 10.0 Å². The van der Waals surface area contributed by atoms with E-state index in [-0.39, 0.29) is 35.1 Å². The van der Waals surface area contributed by atoms with Crippen LogP contribution in [0.4, 0.5) is 5.69 Å². The topological polar surface area (TPSA) is 105 Å². The largest absolute Gasteiger partial charge is 0.385 e. The third-order valence-corrected chi connectivity index (χ3v) is 7.02. The average molecular weight is 424 g/mol. The fourth-order valence-electron chi connectivity index (χ4n) is 3.94. The van der Waals surface area contributed by atoms with Crippen LogP contribution >= 0.6 is 0 Å². The van der Waals surface area contributed by atoms with Gasteiger partial charge in [-0.15, -0.1) is 0 Å². The number of likely N-dealkylation sites (tertiary alicyclic amines) is 1. The van der Waals surface area contributed by atoms with Crippen molar-refractivity contribution in [3.8, 4) is 0 Å². The van der Waals surface area contributed by atoms with E-state index in [4.69, 9.17) is 4.74 Å². The second kappa shape index (κ2) is 9.69. The highest BCUT2D eigenvalue weighted by atomic mass is 32.2. The van der Waals surface area contributed by atoms with Gasteiger partial charge in [-0.25, -0.2) is 13.1 Å². The molecule has 0 radical (unpaired) electrons. The molecule has 1 aromatic rings. The van der Waals surface area contributed by atoms with Crippen LogP contribution in [0.15, 0.2) is 29.2 Å². The molecule has 160 valence electrons. The van der Waals surface area contributed by atoms with Crippen LogP contribution in [0.5, 0.6) is 0 Å². The highest BCUT2D eigenvalue weighted by Crippen LogP contribution is 2.30. The van der Waals surface area contributed by atoms with Crippen molar-refractivity contribution in [2.45, 2.75) is 49.5 Å². The normalized spacial score (nSPS) is 20.4. The van der Waals surface area contributed by atoms with E-state index >= 15 is 0 Å². The highest BCUT2D eigenvalue weighted by molar-refractivity contribution is 7.89. The van der Waals surface area contributed by atoms with Crippen LogP contribution in [0.25, 0.3) is 0 Å². The summed E-state index contributed by atoms with van der Waals surface area (Å²) in [4.78, 5) is 26.8. The molecule has 1 aliphatic heterocycles. The Hall–Kier alpha value is -1.97. The molecule has 1 saturated carbocycles. The first kappa shape index (κ1) is 21.7. The fourth-order valence-corrected chi connectivity index (χ4v) is 5.02. The minimum atomic E-state index is -3.60. The van der Waals surface area contributed by atoms with Gasteiger partial charge >= 0.3 is 0 Å². The van der Waals surface area contributed by atoms with Crippen molar-refractivity contribution in [3.63, 3.8) is 0 Å². The van der Waals surface area contributed by atoms with Crippen LogP contribution in [0, 0.1) is 5.92 Å². The van der Waals surface area contributed by atoms with E-state index in [1.54, 1.807) is 19.2 Å². The molecular formula is C20H29N3O5S. The van der Waals surface area contributed by atoms with Gasteiger partial charge in [-0.2, -0.15) is 0 Å². The number of carbonyl (C=O) groups is 2. The Bertz CT molecular complexity index is 819. The van der Waals surface area contributed by atoms with Crippen molar-refractivity contribution in [3.05, 3.63) is 24.3 Å². The van der Waals surface area contributed by atoms with Gasteiger partial charge in [-0.05, 0) is 43.5 Å². The minimum absolute atomic E-state index is 0.0537. The van der Waals surface area contributed by atoms with Crippen LogP contribution in [-0.2, 0) is 24.3 Å². The third kappa shape index (κ3) is 5.55. The number of hydrogen-bond donors (Lipinski definition) is 2. The molecule has 2 amide bonds. The Kier molecular flexibility index (Phi) is 7.26. The molecule has 29 heavy (non-hydrogen) atoms. The fraction of sp³-hybridized carbons (Fsp3) is 0.600. The smallest absolute Gasteiger partial charge is 0.240 e. The van der Waals surface area contributed by atoms with Crippen LogP contribution in [0.3, 0.4) is 0 Å². The van der Waals surface area contributed by atoms with Crippen LogP contribution in [0.2, 0.25) is 0 Å². The molecule has 9 heteroatoms. The molecule has 1 heterocycles. The zero-order valence-electron chi connectivity index (χ0n) is 16.7. The quantitative estimate of drug-likeness (QED) is 0.589. The van der Waals surface area contributed by atoms with Crippen LogP contribution in [-0.4, -0.2) is 58.0 Å². The third-order valence-electron chi connectivity index (χ3n) is 5.54. The molecule has 2 fully saturated rings. The first-order valence-electron chi connectivity index (χ1n) is 10.1. The summed E-state index contributed by atoms with van der Waals surface area (Å²) in [6.07, 6.45) is 5.15. The molecule has 0 bridgehead atoms. The number of nitrogens with one attached hydrogen (secondary N) is 2. The number of anilines is 1. The predicted molar refractivity (Wildman–Crippen MR) is 109 cm³/mol. The lowest BCUT2D eigenvalue weighted by atomic mass is 10.1. The SMILES string of the molecule is COCCCNS(=O)(=O)c1ccc(NC(=O)C2CC(=O)N(C3CCCC3)C2)cc1. The van der Waals surface area contributed by atoms with Crippen molar-refractivity contribution in [2.75, 3.05) is 32.1 Å². The van der Waals surface area contributed by atoms with Crippen molar-refractivity contribution in [2.24, 2.45) is 5.92 Å². The Labute approximate surface area is 172 Å². The van der Waals surface area contributed by atoms with Gasteiger partial charge in [0.2, 0.25) is 21.8 Å². The zero-order valence-corrected chi connectivity index (χ0v) is 17.5. The lowest BCUT2D eigenvalue weighted by Crippen LogP contribution is -2.35. The molecule has 2 aliphatic rings. The molecule has 1 aromatic carbocycles. The van der Waals surface area contributed by atoms with Crippen molar-refractivity contribution in [1.82, 2.24) is 9.62 Å². The number of carbonyl (C=O) groups excluding carboxylic acids is 2. The van der Waals surface area contributed by atoms with Gasteiger partial charge in [0.25, 0.3) is 0 Å². The molecule has 1 unspecified atom stereocenters. The van der Waals surface area contributed by atoms with Crippen molar-refractivity contribution in [1.29, 1.82) is 0 Å². The summed E-state index contributed by atoms with van der Waals surface area (Å²) in [5.74, 6) is -0.515. The number of benzene rings is 1. The number of rotatable bonds is 9. The summed E-state index contributed by atoms with van der Waals surface area (Å²) in [5, 5.41) is 2.80. The highest BCUT2D eigenvalue weighted by Gasteiger charge is 2.38. The summed E-state index contributed by atoms with van der Waals surface area (Å²) in [7, 11) is -2.03. The molecule has 1 aliphatic carbocycles. The molecule has 1 atom stereocenters. The minimum Gasteiger partial charge on any atom is -0.385 e. The Morgan fingerprint density at radius 2 is 1.90 bits per heavy atom. The molecule has 8 nitrogen and oxygen atoms in total. The summed E-state index contributed by atoms with van der Waals surface area (Å²) < 4.78 is 31.9. The summed E-state index contributed by atoms with van der Waals surface area (Å²) in [6.45, 7) is 1.24. The summed E-state index contributed by atoms with van der Waals surface area (Å²) >= 11 is 0. The van der Waals surface area contributed by atoms with Crippen molar-refractivity contribution >= 4 is 27.5 Å². The number of sulfonamides is 1. The number of methoxy groups -OCH3 is 1. The van der Waals surface area contributed by atoms with E-state index in [0.717, 1.165) is 25.7 Å². The van der Waals surface area contributed by atoms with E-state index in [0.29, 0.717) is 31.8 Å². The van der Waals surface area contributed by atoms with Gasteiger partial charge < -0.3 is 15.0 Å². The Morgan fingerprint density at radius 1 is 1.21 bits per heavy atom. The lowest BCUT2D eigenvalue weighted by Gasteiger charge is -2.23. The number of nitrogens with zero attached hydrogens (tertiary/aromatic N) is 1. The number of hydrogen-bond acceptors (Lipinski definition) is 5. The lowest BCUT2D eigenvalue weighted by molar-refractivity contribution is -0.129. The first-order chi connectivity index (χ1) is 13.9. The predicted octanol–water partition coefficient (Wildman–Crippen LogP) is 1.73. The first-order valence-corrected chi connectivity index (χ1v) is 11.6. The maximum atomic E-state index is 12.6. The maximum absolute atomic E-state index is 12.6. The number of amides is 2. The van der Waals surface area contributed by atoms with Gasteiger partial charge in [0, 0.05) is 45.0 Å². The second-order valence-electron chi connectivity index (χ2n) is 7.64. The second-order valence-corrected chi connectivity index (χ2v) is 9.41. The molecular weight excluding hydrogens is 394 g/mol. The van der Waals surface area contributed by atoms with E-state index in [9.17, 15) is 18.0 Å². The van der Waals surface area contributed by atoms with Crippen LogP contribution in [0.1, 0.15) is 38.5 Å². The van der Waals surface area contributed by atoms with Crippen LogP contribution < -0.4 is 10.0 Å². The Balaban J connectivity index is 1.54. The number of ether oxygens (including phenoxy) is 1. The molecule has 0 spiro atoms. The van der Waals surface area contributed by atoms with Gasteiger partial charge in [0.15, 0.2) is 0 Å². The van der Waals surface area contributed by atoms with Gasteiger partial charge in [-0.1, -0.05) is 12.8 Å². The van der Waals surface area contributed by atoms with Gasteiger partial charge in [0.05, 0.1) is 10.8 Å². The maximum Gasteiger partial charge on any atom is 0.240 e. The summed E-state index contributed by atoms with van der Waals surface area (Å²) in [5.41, 5.74) is 0.514. The van der Waals surface area contributed by atoms with E-state index in [1.165, 1.54) is 12.1 Å². The Morgan fingerprint density at radius 3 is 2.55 bits per heavy atom. The van der Waals surface area contributed by atoms with Gasteiger partial charge in [0.1, 0.15) is 0 Å². The molecule has 0 aromatic heterocycles. The van der Waals surface area contributed by atoms with Crippen molar-refractivity contribution < 1.29 is 22.7 Å². The monoisotopic (exact) mass is 423 g/mol. The summed E-state index contributed by atoms with van der Waals surface area (Å²) in [6, 6.07) is 6.32. The van der Waals surface area contributed by atoms with Gasteiger partial charge in [-0.3, -0.25) is 9.59 Å². The van der Waals surface area contributed by atoms with E-state index in [1.807, 2.05) is 4.90 Å². The molecule has 3 rings (SSSR count). The zero-order chi connectivity index (χ0) is 20.9. The van der Waals surface area contributed by atoms with E-state index in [2.05, 4.69) is 10.0 Å². The molecule has 2 N–H and O–H groups in total. The molecule has 1 saturated heterocycles. The average Bonchev–Trinajstić information content (AvgIpc) is 3.35. The standard InChI is InChI=1S/C20H29N3O5S/c1-28-12-4-11-21-29(26,27)18-9-7-16(8-10-18)22-20(25)15-13-19(24)23(14-15)17-5-2-3-6-17/h7-10,15,17,21H,2-6,11-14H2,1H3,(H,22,25).